The van der Waals surface area contributed by atoms with Crippen molar-refractivity contribution >= 4 is 28.5 Å². The third-order valence-corrected chi connectivity index (χ3v) is 5.89. The highest BCUT2D eigenvalue weighted by Gasteiger charge is 2.30. The second-order valence-electron chi connectivity index (χ2n) is 7.45. The molecule has 144 valence electrons. The fourth-order valence-corrected chi connectivity index (χ4v) is 4.26. The number of rotatable bonds is 3. The van der Waals surface area contributed by atoms with Crippen LogP contribution in [0.5, 0.6) is 0 Å². The Labute approximate surface area is 174 Å². The molecule has 2 heterocycles. The number of para-hydroxylation sites is 2. The molecule has 0 aliphatic carbocycles. The SMILES string of the molecule is O=C(c1ccc(Cl)cc1)N1Cc2ccccc2CC1Cn1cnc2ccccc21. The summed E-state index contributed by atoms with van der Waals surface area (Å²) < 4.78 is 2.15. The van der Waals surface area contributed by atoms with E-state index in [2.05, 4.69) is 33.8 Å². The van der Waals surface area contributed by atoms with Crippen LogP contribution in [0.4, 0.5) is 0 Å². The van der Waals surface area contributed by atoms with Crippen LogP contribution in [0.1, 0.15) is 21.5 Å². The molecule has 1 aliphatic rings. The predicted octanol–water partition coefficient (Wildman–Crippen LogP) is 4.96. The van der Waals surface area contributed by atoms with Crippen molar-refractivity contribution in [2.45, 2.75) is 25.6 Å². The van der Waals surface area contributed by atoms with E-state index in [1.54, 1.807) is 24.3 Å². The largest absolute Gasteiger partial charge is 0.329 e. The number of benzene rings is 3. The topological polar surface area (TPSA) is 38.1 Å². The lowest BCUT2D eigenvalue weighted by Gasteiger charge is -2.37. The molecule has 29 heavy (non-hydrogen) atoms. The summed E-state index contributed by atoms with van der Waals surface area (Å²) in [6.07, 6.45) is 2.69. The number of carbonyl (C=O) groups excluding carboxylic acids is 1. The number of carbonyl (C=O) groups is 1. The highest BCUT2D eigenvalue weighted by Crippen LogP contribution is 2.27. The van der Waals surface area contributed by atoms with Crippen LogP contribution < -0.4 is 0 Å². The maximum Gasteiger partial charge on any atom is 0.254 e. The summed E-state index contributed by atoms with van der Waals surface area (Å²) in [7, 11) is 0. The summed E-state index contributed by atoms with van der Waals surface area (Å²) in [5.74, 6) is 0.0330. The number of hydrogen-bond acceptors (Lipinski definition) is 2. The molecule has 4 aromatic rings. The van der Waals surface area contributed by atoms with Gasteiger partial charge in [-0.05, 0) is 53.9 Å². The molecule has 4 nitrogen and oxygen atoms in total. The summed E-state index contributed by atoms with van der Waals surface area (Å²) in [5.41, 5.74) is 5.24. The number of hydrogen-bond donors (Lipinski definition) is 0. The van der Waals surface area contributed by atoms with Crippen LogP contribution in [0.3, 0.4) is 0 Å². The van der Waals surface area contributed by atoms with Gasteiger partial charge in [0.15, 0.2) is 0 Å². The normalized spacial score (nSPS) is 16.0. The van der Waals surface area contributed by atoms with Gasteiger partial charge in [-0.3, -0.25) is 4.79 Å². The molecule has 1 aliphatic heterocycles. The third-order valence-electron chi connectivity index (χ3n) is 5.64. The highest BCUT2D eigenvalue weighted by molar-refractivity contribution is 6.30. The Morgan fingerprint density at radius 2 is 1.69 bits per heavy atom. The lowest BCUT2D eigenvalue weighted by molar-refractivity contribution is 0.0620. The third kappa shape index (κ3) is 3.40. The van der Waals surface area contributed by atoms with Gasteiger partial charge < -0.3 is 9.47 Å². The number of nitrogens with zero attached hydrogens (tertiary/aromatic N) is 3. The maximum absolute atomic E-state index is 13.4. The summed E-state index contributed by atoms with van der Waals surface area (Å²) in [5, 5.41) is 0.631. The van der Waals surface area contributed by atoms with Crippen molar-refractivity contribution in [1.82, 2.24) is 14.5 Å². The Balaban J connectivity index is 1.51. The molecule has 0 spiro atoms. The minimum Gasteiger partial charge on any atom is -0.329 e. The molecule has 0 fully saturated rings. The first-order chi connectivity index (χ1) is 14.2. The Kier molecular flexibility index (Phi) is 4.57. The Bertz CT molecular complexity index is 1180. The summed E-state index contributed by atoms with van der Waals surface area (Å²) in [4.78, 5) is 19.9. The van der Waals surface area contributed by atoms with Crippen LogP contribution in [-0.4, -0.2) is 26.4 Å². The fourth-order valence-electron chi connectivity index (χ4n) is 4.13. The zero-order valence-electron chi connectivity index (χ0n) is 15.8. The van der Waals surface area contributed by atoms with E-state index < -0.39 is 0 Å². The Morgan fingerprint density at radius 3 is 2.52 bits per heavy atom. The average Bonchev–Trinajstić information content (AvgIpc) is 3.16. The zero-order valence-corrected chi connectivity index (χ0v) is 16.6. The molecule has 5 heteroatoms. The second kappa shape index (κ2) is 7.37. The van der Waals surface area contributed by atoms with Crippen molar-refractivity contribution in [2.75, 3.05) is 0 Å². The van der Waals surface area contributed by atoms with E-state index >= 15 is 0 Å². The first kappa shape index (κ1) is 18.0. The first-order valence-electron chi connectivity index (χ1n) is 9.72. The number of aromatic nitrogens is 2. The van der Waals surface area contributed by atoms with Crippen LogP contribution in [-0.2, 0) is 19.5 Å². The van der Waals surface area contributed by atoms with Crippen LogP contribution in [0.2, 0.25) is 5.02 Å². The average molecular weight is 402 g/mol. The number of halogens is 1. The van der Waals surface area contributed by atoms with Crippen LogP contribution >= 0.6 is 11.6 Å². The van der Waals surface area contributed by atoms with E-state index in [4.69, 9.17) is 11.6 Å². The molecule has 1 atom stereocenters. The van der Waals surface area contributed by atoms with Gasteiger partial charge in [-0.2, -0.15) is 0 Å². The van der Waals surface area contributed by atoms with Gasteiger partial charge in [0.2, 0.25) is 0 Å². The summed E-state index contributed by atoms with van der Waals surface area (Å²) in [6, 6.07) is 23.7. The smallest absolute Gasteiger partial charge is 0.254 e. The van der Waals surface area contributed by atoms with E-state index in [1.165, 1.54) is 11.1 Å². The van der Waals surface area contributed by atoms with Gasteiger partial charge in [-0.1, -0.05) is 48.0 Å². The van der Waals surface area contributed by atoms with Gasteiger partial charge in [-0.15, -0.1) is 0 Å². The molecular formula is C24H20ClN3O. The molecule has 1 amide bonds. The van der Waals surface area contributed by atoms with Crippen molar-refractivity contribution in [3.8, 4) is 0 Å². The van der Waals surface area contributed by atoms with Gasteiger partial charge in [0.25, 0.3) is 5.91 Å². The van der Waals surface area contributed by atoms with Gasteiger partial charge >= 0.3 is 0 Å². The monoisotopic (exact) mass is 401 g/mol. The standard InChI is InChI=1S/C24H20ClN3O/c25-20-11-9-17(10-12-20)24(29)28-14-19-6-2-1-5-18(19)13-21(28)15-27-16-26-22-7-3-4-8-23(22)27/h1-12,16,21H,13-15H2. The molecule has 5 rings (SSSR count). The van der Waals surface area contributed by atoms with Crippen molar-refractivity contribution in [2.24, 2.45) is 0 Å². The molecule has 0 saturated heterocycles. The molecule has 0 N–H and O–H groups in total. The van der Waals surface area contributed by atoms with Crippen molar-refractivity contribution < 1.29 is 4.79 Å². The lowest BCUT2D eigenvalue weighted by Crippen LogP contribution is -2.46. The number of fused-ring (bicyclic) bond motifs is 2. The second-order valence-corrected chi connectivity index (χ2v) is 7.89. The van der Waals surface area contributed by atoms with E-state index in [1.807, 2.05) is 35.5 Å². The molecule has 1 aromatic heterocycles. The van der Waals surface area contributed by atoms with Gasteiger partial charge in [0, 0.05) is 23.7 Å². The molecule has 1 unspecified atom stereocenters. The van der Waals surface area contributed by atoms with Gasteiger partial charge in [0.05, 0.1) is 23.4 Å². The molecule has 0 saturated carbocycles. The fraction of sp³-hybridized carbons (Fsp3) is 0.167. The molecule has 0 bridgehead atoms. The Hall–Kier alpha value is -3.11. The molecular weight excluding hydrogens is 382 g/mol. The number of imidazole rings is 1. The van der Waals surface area contributed by atoms with Crippen molar-refractivity contribution in [3.05, 3.63) is 101 Å². The van der Waals surface area contributed by atoms with Crippen LogP contribution in [0.25, 0.3) is 11.0 Å². The van der Waals surface area contributed by atoms with E-state index in [0.29, 0.717) is 23.7 Å². The number of amides is 1. The van der Waals surface area contributed by atoms with E-state index in [-0.39, 0.29) is 11.9 Å². The van der Waals surface area contributed by atoms with E-state index in [9.17, 15) is 4.79 Å². The zero-order chi connectivity index (χ0) is 19.8. The van der Waals surface area contributed by atoms with Crippen molar-refractivity contribution in [3.63, 3.8) is 0 Å². The highest BCUT2D eigenvalue weighted by atomic mass is 35.5. The predicted molar refractivity (Wildman–Crippen MR) is 115 cm³/mol. The quantitative estimate of drug-likeness (QED) is 0.486. The van der Waals surface area contributed by atoms with Gasteiger partial charge in [-0.25, -0.2) is 4.98 Å². The summed E-state index contributed by atoms with van der Waals surface area (Å²) >= 11 is 6.01. The lowest BCUT2D eigenvalue weighted by atomic mass is 9.93. The first-order valence-corrected chi connectivity index (χ1v) is 10.1. The molecule has 0 radical (unpaired) electrons. The summed E-state index contributed by atoms with van der Waals surface area (Å²) in [6.45, 7) is 1.31. The maximum atomic E-state index is 13.4. The van der Waals surface area contributed by atoms with E-state index in [0.717, 1.165) is 17.5 Å². The van der Waals surface area contributed by atoms with Crippen molar-refractivity contribution in [1.29, 1.82) is 0 Å². The minimum atomic E-state index is 0.0330. The van der Waals surface area contributed by atoms with Gasteiger partial charge in [0.1, 0.15) is 0 Å². The van der Waals surface area contributed by atoms with Crippen LogP contribution in [0.15, 0.2) is 79.1 Å². The Morgan fingerprint density at radius 1 is 0.966 bits per heavy atom. The van der Waals surface area contributed by atoms with Crippen LogP contribution in [0, 0.1) is 0 Å². The molecule has 3 aromatic carbocycles. The minimum absolute atomic E-state index is 0.0330.